The lowest BCUT2D eigenvalue weighted by atomic mass is 10.1. The van der Waals surface area contributed by atoms with Crippen molar-refractivity contribution in [3.63, 3.8) is 0 Å². The lowest BCUT2D eigenvalue weighted by Gasteiger charge is -2.33. The Morgan fingerprint density at radius 1 is 1.24 bits per heavy atom. The van der Waals surface area contributed by atoms with E-state index in [-0.39, 0.29) is 35.9 Å². The van der Waals surface area contributed by atoms with Gasteiger partial charge in [-0.3, -0.25) is 19.4 Å². The molecule has 1 atom stereocenters. The van der Waals surface area contributed by atoms with Crippen LogP contribution in [-0.2, 0) is 18.3 Å². The fraction of sp³-hybridized carbons (Fsp3) is 0.750. The molecule has 1 saturated heterocycles. The summed E-state index contributed by atoms with van der Waals surface area (Å²) in [4.78, 5) is 20.5. The monoisotopic (exact) mass is 519 g/mol. The van der Waals surface area contributed by atoms with Crippen molar-refractivity contribution in [2.45, 2.75) is 47.1 Å². The Kier molecular flexibility index (Phi) is 10.9. The van der Waals surface area contributed by atoms with E-state index in [1.54, 1.807) is 6.92 Å². The van der Waals surface area contributed by atoms with Crippen molar-refractivity contribution in [1.29, 1.82) is 0 Å². The second-order valence-electron chi connectivity index (χ2n) is 7.63. The Morgan fingerprint density at radius 3 is 2.41 bits per heavy atom. The summed E-state index contributed by atoms with van der Waals surface area (Å²) in [7, 11) is 1.99. The van der Waals surface area contributed by atoms with E-state index in [0.717, 1.165) is 63.9 Å². The van der Waals surface area contributed by atoms with Gasteiger partial charge >= 0.3 is 0 Å². The lowest BCUT2D eigenvalue weighted by molar-refractivity contribution is -0.130. The molecule has 1 aromatic heterocycles. The van der Waals surface area contributed by atoms with Crippen LogP contribution in [0.5, 0.6) is 0 Å². The number of piperazine rings is 1. The Morgan fingerprint density at radius 2 is 1.90 bits per heavy atom. The SMILES string of the molecule is CCNC(=NCCN1CCN(C(C)=O)CC1)NC(C)Cc1c(C)nn(C)c1C.I. The van der Waals surface area contributed by atoms with E-state index in [9.17, 15) is 4.79 Å². The zero-order chi connectivity index (χ0) is 20.7. The molecular formula is C20H38IN7O. The maximum Gasteiger partial charge on any atom is 0.219 e. The Labute approximate surface area is 192 Å². The molecule has 2 N–H and O–H groups in total. The summed E-state index contributed by atoms with van der Waals surface area (Å²) in [6.07, 6.45) is 0.920. The summed E-state index contributed by atoms with van der Waals surface area (Å²) in [6, 6.07) is 0.263. The molecule has 29 heavy (non-hydrogen) atoms. The van der Waals surface area contributed by atoms with E-state index >= 15 is 0 Å². The molecular weight excluding hydrogens is 481 g/mol. The van der Waals surface area contributed by atoms with Crippen molar-refractivity contribution in [1.82, 2.24) is 30.2 Å². The molecule has 1 fully saturated rings. The van der Waals surface area contributed by atoms with Crippen molar-refractivity contribution >= 4 is 35.8 Å². The minimum atomic E-state index is 0. The molecule has 1 aromatic rings. The van der Waals surface area contributed by atoms with Crippen molar-refractivity contribution in [2.75, 3.05) is 45.8 Å². The highest BCUT2D eigenvalue weighted by atomic mass is 127. The van der Waals surface area contributed by atoms with Crippen LogP contribution in [0, 0.1) is 13.8 Å². The van der Waals surface area contributed by atoms with E-state index in [2.05, 4.69) is 48.3 Å². The Hall–Kier alpha value is -1.36. The number of hydrogen-bond donors (Lipinski definition) is 2. The quantitative estimate of drug-likeness (QED) is 0.323. The number of carbonyl (C=O) groups excluding carboxylic acids is 1. The molecule has 1 aliphatic rings. The molecule has 1 amide bonds. The molecule has 166 valence electrons. The largest absolute Gasteiger partial charge is 0.357 e. The van der Waals surface area contributed by atoms with Crippen LogP contribution >= 0.6 is 24.0 Å². The van der Waals surface area contributed by atoms with Gasteiger partial charge in [0.1, 0.15) is 0 Å². The van der Waals surface area contributed by atoms with Gasteiger partial charge in [0.15, 0.2) is 5.96 Å². The number of amides is 1. The lowest BCUT2D eigenvalue weighted by Crippen LogP contribution is -2.48. The average molecular weight is 519 g/mol. The second kappa shape index (κ2) is 12.4. The molecule has 0 spiro atoms. The highest BCUT2D eigenvalue weighted by molar-refractivity contribution is 14.0. The van der Waals surface area contributed by atoms with Gasteiger partial charge in [0.05, 0.1) is 12.2 Å². The maximum atomic E-state index is 11.4. The molecule has 0 aromatic carbocycles. The van der Waals surface area contributed by atoms with Crippen LogP contribution in [0.15, 0.2) is 4.99 Å². The molecule has 0 radical (unpaired) electrons. The standard InChI is InChI=1S/C20H37N7O.HI/c1-7-21-20(22-8-9-26-10-12-27(13-11-26)18(5)28)23-15(2)14-19-16(3)24-25(6)17(19)4;/h15H,7-14H2,1-6H3,(H2,21,22,23);1H. The van der Waals surface area contributed by atoms with Crippen LogP contribution in [0.4, 0.5) is 0 Å². The number of nitrogens with zero attached hydrogens (tertiary/aromatic N) is 5. The summed E-state index contributed by atoms with van der Waals surface area (Å²) in [6.45, 7) is 16.1. The summed E-state index contributed by atoms with van der Waals surface area (Å²) in [5.41, 5.74) is 3.62. The zero-order valence-corrected chi connectivity index (χ0v) is 21.1. The predicted molar refractivity (Wildman–Crippen MR) is 129 cm³/mol. The average Bonchev–Trinajstić information content (AvgIpc) is 2.88. The van der Waals surface area contributed by atoms with Gasteiger partial charge in [-0.15, -0.1) is 24.0 Å². The number of rotatable bonds is 7. The van der Waals surface area contributed by atoms with Gasteiger partial charge in [-0.05, 0) is 39.7 Å². The van der Waals surface area contributed by atoms with E-state index in [0.29, 0.717) is 0 Å². The number of aromatic nitrogens is 2. The number of nitrogens with one attached hydrogen (secondary N) is 2. The van der Waals surface area contributed by atoms with Gasteiger partial charge in [0, 0.05) is 65.0 Å². The molecule has 1 unspecified atom stereocenters. The Bertz CT molecular complexity index is 681. The first kappa shape index (κ1) is 25.7. The number of aliphatic imine (C=N–C) groups is 1. The first-order valence-corrected chi connectivity index (χ1v) is 10.3. The van der Waals surface area contributed by atoms with Gasteiger partial charge in [-0.25, -0.2) is 0 Å². The molecule has 2 heterocycles. The summed E-state index contributed by atoms with van der Waals surface area (Å²) >= 11 is 0. The highest BCUT2D eigenvalue weighted by Gasteiger charge is 2.18. The predicted octanol–water partition coefficient (Wildman–Crippen LogP) is 1.31. The molecule has 1 aliphatic heterocycles. The van der Waals surface area contributed by atoms with E-state index in [1.165, 1.54) is 11.3 Å². The minimum absolute atomic E-state index is 0. The molecule has 9 heteroatoms. The number of carbonyl (C=O) groups is 1. The van der Waals surface area contributed by atoms with Gasteiger partial charge in [-0.1, -0.05) is 0 Å². The van der Waals surface area contributed by atoms with E-state index in [4.69, 9.17) is 4.99 Å². The van der Waals surface area contributed by atoms with Crippen LogP contribution in [-0.4, -0.2) is 83.3 Å². The van der Waals surface area contributed by atoms with Gasteiger partial charge < -0.3 is 15.5 Å². The van der Waals surface area contributed by atoms with Crippen molar-refractivity contribution in [3.8, 4) is 0 Å². The first-order valence-electron chi connectivity index (χ1n) is 10.3. The van der Waals surface area contributed by atoms with Crippen molar-refractivity contribution in [2.24, 2.45) is 12.0 Å². The third-order valence-electron chi connectivity index (χ3n) is 5.40. The Balaban J connectivity index is 0.00000420. The zero-order valence-electron chi connectivity index (χ0n) is 18.8. The molecule has 0 bridgehead atoms. The number of aryl methyl sites for hydroxylation is 2. The fourth-order valence-corrected chi connectivity index (χ4v) is 3.61. The van der Waals surface area contributed by atoms with Crippen molar-refractivity contribution < 1.29 is 4.79 Å². The van der Waals surface area contributed by atoms with Crippen molar-refractivity contribution in [3.05, 3.63) is 17.0 Å². The third kappa shape index (κ3) is 7.76. The summed E-state index contributed by atoms with van der Waals surface area (Å²) < 4.78 is 1.95. The summed E-state index contributed by atoms with van der Waals surface area (Å²) in [5, 5.41) is 11.4. The first-order chi connectivity index (χ1) is 13.3. The van der Waals surface area contributed by atoms with Gasteiger partial charge in [-0.2, -0.15) is 5.10 Å². The van der Waals surface area contributed by atoms with Gasteiger partial charge in [0.25, 0.3) is 0 Å². The van der Waals surface area contributed by atoms with E-state index in [1.807, 2.05) is 16.6 Å². The number of hydrogen-bond acceptors (Lipinski definition) is 4. The van der Waals surface area contributed by atoms with E-state index < -0.39 is 0 Å². The molecule has 8 nitrogen and oxygen atoms in total. The molecule has 2 rings (SSSR count). The normalized spacial score (nSPS) is 16.3. The second-order valence-corrected chi connectivity index (χ2v) is 7.63. The van der Waals surface area contributed by atoms with Crippen LogP contribution in [0.2, 0.25) is 0 Å². The smallest absolute Gasteiger partial charge is 0.219 e. The molecule has 0 saturated carbocycles. The maximum absolute atomic E-state index is 11.4. The molecule has 0 aliphatic carbocycles. The van der Waals surface area contributed by atoms with Crippen LogP contribution in [0.25, 0.3) is 0 Å². The fourth-order valence-electron chi connectivity index (χ4n) is 3.61. The topological polar surface area (TPSA) is 77.8 Å². The minimum Gasteiger partial charge on any atom is -0.357 e. The van der Waals surface area contributed by atoms with Gasteiger partial charge in [0.2, 0.25) is 5.91 Å². The highest BCUT2D eigenvalue weighted by Crippen LogP contribution is 2.14. The number of halogens is 1. The van der Waals surface area contributed by atoms with Crippen LogP contribution in [0.1, 0.15) is 37.7 Å². The summed E-state index contributed by atoms with van der Waals surface area (Å²) in [5.74, 6) is 1.03. The van der Waals surface area contributed by atoms with Crippen LogP contribution in [0.3, 0.4) is 0 Å². The number of guanidine groups is 1. The van der Waals surface area contributed by atoms with Crippen LogP contribution < -0.4 is 10.6 Å². The third-order valence-corrected chi connectivity index (χ3v) is 5.40.